The topological polar surface area (TPSA) is 38.7 Å². The van der Waals surface area contributed by atoms with Gasteiger partial charge in [-0.1, -0.05) is 6.07 Å². The molecule has 1 fully saturated rings. The number of hydrogen-bond donors (Lipinski definition) is 1. The Balaban J connectivity index is 1.89. The molecule has 0 amide bonds. The summed E-state index contributed by atoms with van der Waals surface area (Å²) in [7, 11) is 0. The average Bonchev–Trinajstić information content (AvgIpc) is 3.07. The fourth-order valence-corrected chi connectivity index (χ4v) is 1.99. The van der Waals surface area contributed by atoms with E-state index in [4.69, 9.17) is 9.47 Å². The summed E-state index contributed by atoms with van der Waals surface area (Å²) in [5.74, 6) is 1.57. The Kier molecular flexibility index (Phi) is 2.11. The van der Waals surface area contributed by atoms with E-state index in [-0.39, 0.29) is 5.41 Å². The van der Waals surface area contributed by atoms with Gasteiger partial charge in [0.25, 0.3) is 0 Å². The SMILES string of the molecule is CC(O)c1ccc2c(c1)OCC1(CC1)CO2. The highest BCUT2D eigenvalue weighted by atomic mass is 16.5. The summed E-state index contributed by atoms with van der Waals surface area (Å²) in [5, 5.41) is 9.51. The highest BCUT2D eigenvalue weighted by Gasteiger charge is 2.46. The van der Waals surface area contributed by atoms with Crippen LogP contribution in [-0.4, -0.2) is 18.3 Å². The van der Waals surface area contributed by atoms with Gasteiger partial charge in [0.15, 0.2) is 11.5 Å². The molecule has 1 aliphatic heterocycles. The maximum absolute atomic E-state index is 9.51. The molecule has 16 heavy (non-hydrogen) atoms. The quantitative estimate of drug-likeness (QED) is 0.789. The van der Waals surface area contributed by atoms with Crippen LogP contribution in [0.25, 0.3) is 0 Å². The molecule has 1 aromatic carbocycles. The summed E-state index contributed by atoms with van der Waals surface area (Å²) in [6, 6.07) is 5.65. The summed E-state index contributed by atoms with van der Waals surface area (Å²) in [6.07, 6.45) is 1.93. The van der Waals surface area contributed by atoms with Crippen molar-refractivity contribution in [2.45, 2.75) is 25.9 Å². The molecule has 1 N–H and O–H groups in total. The van der Waals surface area contributed by atoms with E-state index in [9.17, 15) is 5.11 Å². The van der Waals surface area contributed by atoms with Gasteiger partial charge in [-0.05, 0) is 37.5 Å². The van der Waals surface area contributed by atoms with Crippen molar-refractivity contribution >= 4 is 0 Å². The van der Waals surface area contributed by atoms with E-state index in [0.717, 1.165) is 30.3 Å². The Hall–Kier alpha value is -1.22. The number of rotatable bonds is 1. The molecule has 3 nitrogen and oxygen atoms in total. The molecule has 1 spiro atoms. The molecule has 1 atom stereocenters. The van der Waals surface area contributed by atoms with Gasteiger partial charge in [0.2, 0.25) is 0 Å². The fraction of sp³-hybridized carbons (Fsp3) is 0.538. The van der Waals surface area contributed by atoms with Gasteiger partial charge in [-0.15, -0.1) is 0 Å². The zero-order chi connectivity index (χ0) is 11.2. The molecule has 1 heterocycles. The first kappa shape index (κ1) is 9.97. The smallest absolute Gasteiger partial charge is 0.161 e. The largest absolute Gasteiger partial charge is 0.489 e. The highest BCUT2D eigenvalue weighted by Crippen LogP contribution is 2.49. The standard InChI is InChI=1S/C13H16O3/c1-9(14)10-2-3-11-12(6-10)16-8-13(4-5-13)7-15-11/h2-3,6,9,14H,4-5,7-8H2,1H3. The second-order valence-corrected chi connectivity index (χ2v) is 4.96. The number of hydrogen-bond acceptors (Lipinski definition) is 3. The molecule has 2 aliphatic rings. The van der Waals surface area contributed by atoms with Gasteiger partial charge < -0.3 is 14.6 Å². The van der Waals surface area contributed by atoms with Crippen LogP contribution in [0.4, 0.5) is 0 Å². The van der Waals surface area contributed by atoms with Crippen LogP contribution in [0.3, 0.4) is 0 Å². The molecule has 0 bridgehead atoms. The fourth-order valence-electron chi connectivity index (χ4n) is 1.99. The number of aliphatic hydroxyl groups excluding tert-OH is 1. The summed E-state index contributed by atoms with van der Waals surface area (Å²) >= 11 is 0. The third kappa shape index (κ3) is 1.65. The number of benzene rings is 1. The molecule has 1 aliphatic carbocycles. The van der Waals surface area contributed by atoms with Crippen molar-refractivity contribution in [3.63, 3.8) is 0 Å². The van der Waals surface area contributed by atoms with Crippen LogP contribution in [0.2, 0.25) is 0 Å². The first-order valence-corrected chi connectivity index (χ1v) is 5.76. The van der Waals surface area contributed by atoms with Crippen molar-refractivity contribution in [1.29, 1.82) is 0 Å². The first-order valence-electron chi connectivity index (χ1n) is 5.76. The van der Waals surface area contributed by atoms with Crippen molar-refractivity contribution in [3.8, 4) is 11.5 Å². The zero-order valence-corrected chi connectivity index (χ0v) is 9.40. The lowest BCUT2D eigenvalue weighted by molar-refractivity contribution is 0.194. The van der Waals surface area contributed by atoms with Crippen LogP contribution in [0.1, 0.15) is 31.4 Å². The minimum absolute atomic E-state index is 0.268. The van der Waals surface area contributed by atoms with Crippen LogP contribution in [0.5, 0.6) is 11.5 Å². The van der Waals surface area contributed by atoms with E-state index in [0.29, 0.717) is 0 Å². The molecular formula is C13H16O3. The highest BCUT2D eigenvalue weighted by molar-refractivity contribution is 5.44. The second-order valence-electron chi connectivity index (χ2n) is 4.96. The summed E-state index contributed by atoms with van der Waals surface area (Å²) in [4.78, 5) is 0. The van der Waals surface area contributed by atoms with Crippen LogP contribution >= 0.6 is 0 Å². The Bertz CT molecular complexity index is 408. The molecule has 0 radical (unpaired) electrons. The maximum Gasteiger partial charge on any atom is 0.161 e. The predicted octanol–water partition coefficient (Wildman–Crippen LogP) is 2.29. The van der Waals surface area contributed by atoms with Crippen LogP contribution in [0.15, 0.2) is 18.2 Å². The average molecular weight is 220 g/mol. The molecule has 3 heteroatoms. The zero-order valence-electron chi connectivity index (χ0n) is 9.40. The van der Waals surface area contributed by atoms with E-state index >= 15 is 0 Å². The molecule has 1 saturated carbocycles. The van der Waals surface area contributed by atoms with E-state index in [2.05, 4.69) is 0 Å². The Labute approximate surface area is 95.0 Å². The Morgan fingerprint density at radius 3 is 2.50 bits per heavy atom. The van der Waals surface area contributed by atoms with Gasteiger partial charge in [0.1, 0.15) is 0 Å². The Morgan fingerprint density at radius 2 is 1.88 bits per heavy atom. The third-order valence-corrected chi connectivity index (χ3v) is 3.47. The van der Waals surface area contributed by atoms with Gasteiger partial charge in [0, 0.05) is 5.41 Å². The van der Waals surface area contributed by atoms with Crippen LogP contribution in [-0.2, 0) is 0 Å². The van der Waals surface area contributed by atoms with Gasteiger partial charge in [-0.25, -0.2) is 0 Å². The van der Waals surface area contributed by atoms with E-state index < -0.39 is 6.10 Å². The molecule has 3 rings (SSSR count). The second kappa shape index (κ2) is 3.39. The summed E-state index contributed by atoms with van der Waals surface area (Å²) in [5.41, 5.74) is 1.14. The summed E-state index contributed by atoms with van der Waals surface area (Å²) < 4.78 is 11.5. The van der Waals surface area contributed by atoms with Gasteiger partial charge in [-0.3, -0.25) is 0 Å². The van der Waals surface area contributed by atoms with Crippen LogP contribution in [0, 0.1) is 5.41 Å². The number of aliphatic hydroxyl groups is 1. The minimum Gasteiger partial charge on any atom is -0.489 e. The number of fused-ring (bicyclic) bond motifs is 1. The van der Waals surface area contributed by atoms with Crippen molar-refractivity contribution in [1.82, 2.24) is 0 Å². The lowest BCUT2D eigenvalue weighted by Gasteiger charge is -2.10. The van der Waals surface area contributed by atoms with Gasteiger partial charge >= 0.3 is 0 Å². The first-order chi connectivity index (χ1) is 7.69. The van der Waals surface area contributed by atoms with Crippen LogP contribution < -0.4 is 9.47 Å². The minimum atomic E-state index is -0.466. The molecule has 1 aromatic rings. The molecule has 1 unspecified atom stereocenters. The normalized spacial score (nSPS) is 22.6. The molecular weight excluding hydrogens is 204 g/mol. The molecule has 0 saturated heterocycles. The van der Waals surface area contributed by atoms with Crippen molar-refractivity contribution in [2.75, 3.05) is 13.2 Å². The maximum atomic E-state index is 9.51. The van der Waals surface area contributed by atoms with Crippen molar-refractivity contribution < 1.29 is 14.6 Å². The lowest BCUT2D eigenvalue weighted by atomic mass is 10.1. The predicted molar refractivity (Wildman–Crippen MR) is 59.7 cm³/mol. The molecule has 0 aromatic heterocycles. The van der Waals surface area contributed by atoms with E-state index in [1.54, 1.807) is 6.92 Å². The third-order valence-electron chi connectivity index (χ3n) is 3.47. The monoisotopic (exact) mass is 220 g/mol. The van der Waals surface area contributed by atoms with E-state index in [1.165, 1.54) is 12.8 Å². The van der Waals surface area contributed by atoms with Gasteiger partial charge in [0.05, 0.1) is 19.3 Å². The number of ether oxygens (including phenoxy) is 2. The molecule has 86 valence electrons. The van der Waals surface area contributed by atoms with Crippen molar-refractivity contribution in [3.05, 3.63) is 23.8 Å². The van der Waals surface area contributed by atoms with Gasteiger partial charge in [-0.2, -0.15) is 0 Å². The van der Waals surface area contributed by atoms with E-state index in [1.807, 2.05) is 18.2 Å². The summed E-state index contributed by atoms with van der Waals surface area (Å²) in [6.45, 7) is 3.25. The Morgan fingerprint density at radius 1 is 1.19 bits per heavy atom. The van der Waals surface area contributed by atoms with Crippen molar-refractivity contribution in [2.24, 2.45) is 5.41 Å². The lowest BCUT2D eigenvalue weighted by Crippen LogP contribution is -2.17.